The van der Waals surface area contributed by atoms with E-state index < -0.39 is 39.6 Å². The summed E-state index contributed by atoms with van der Waals surface area (Å²) in [7, 11) is -4.08. The fourth-order valence-electron chi connectivity index (χ4n) is 3.50. The van der Waals surface area contributed by atoms with Crippen molar-refractivity contribution in [2.75, 3.05) is 6.54 Å². The van der Waals surface area contributed by atoms with Gasteiger partial charge in [0.15, 0.2) is 0 Å². The molecule has 0 bridgehead atoms. The summed E-state index contributed by atoms with van der Waals surface area (Å²) in [6.07, 6.45) is 2.23. The Morgan fingerprint density at radius 2 is 1.87 bits per heavy atom. The molecule has 0 saturated carbocycles. The third-order valence-corrected chi connectivity index (χ3v) is 6.92. The Morgan fingerprint density at radius 3 is 2.53 bits per heavy atom. The number of carbonyl (C=O) groups excluding carboxylic acids is 2. The van der Waals surface area contributed by atoms with E-state index in [2.05, 4.69) is 5.32 Å². The number of rotatable bonds is 7. The van der Waals surface area contributed by atoms with E-state index >= 15 is 0 Å². The molecular weight excluding hydrogens is 414 g/mol. The van der Waals surface area contributed by atoms with Gasteiger partial charge < -0.3 is 10.1 Å². The zero-order valence-corrected chi connectivity index (χ0v) is 16.9. The molecule has 0 unspecified atom stereocenters. The smallest absolute Gasteiger partial charge is 0.243 e. The fourth-order valence-corrected chi connectivity index (χ4v) is 5.19. The number of piperidine rings is 1. The molecule has 2 atom stereocenters. The quantitative estimate of drug-likeness (QED) is 0.676. The van der Waals surface area contributed by atoms with Crippen molar-refractivity contribution in [3.63, 3.8) is 0 Å². The zero-order valence-electron chi connectivity index (χ0n) is 16.1. The highest BCUT2D eigenvalue weighted by Crippen LogP contribution is 2.26. The lowest BCUT2D eigenvalue weighted by molar-refractivity contribution is -0.128. The fraction of sp³-hybridized carbons (Fsp3) is 0.333. The minimum atomic E-state index is -4.08. The first-order valence-corrected chi connectivity index (χ1v) is 11.0. The number of sulfonamides is 1. The van der Waals surface area contributed by atoms with Crippen LogP contribution >= 0.6 is 0 Å². The maximum Gasteiger partial charge on any atom is 0.243 e. The van der Waals surface area contributed by atoms with Crippen LogP contribution in [0, 0.1) is 11.6 Å². The van der Waals surface area contributed by atoms with E-state index in [0.29, 0.717) is 31.1 Å². The summed E-state index contributed by atoms with van der Waals surface area (Å²) in [6, 6.07) is 8.30. The molecule has 0 aliphatic carbocycles. The van der Waals surface area contributed by atoms with Crippen molar-refractivity contribution in [3.8, 4) is 0 Å². The van der Waals surface area contributed by atoms with Gasteiger partial charge in [-0.1, -0.05) is 24.6 Å². The van der Waals surface area contributed by atoms with Gasteiger partial charge in [-0.2, -0.15) is 4.31 Å². The first-order valence-electron chi connectivity index (χ1n) is 9.59. The van der Waals surface area contributed by atoms with Gasteiger partial charge in [0.2, 0.25) is 15.9 Å². The molecule has 2 aromatic rings. The number of nitrogens with one attached hydrogen (secondary N) is 1. The van der Waals surface area contributed by atoms with Crippen LogP contribution in [0.1, 0.15) is 24.8 Å². The second-order valence-corrected chi connectivity index (χ2v) is 9.06. The number of halogens is 2. The van der Waals surface area contributed by atoms with Gasteiger partial charge in [0.05, 0.1) is 10.9 Å². The molecule has 0 radical (unpaired) electrons. The predicted octanol–water partition coefficient (Wildman–Crippen LogP) is 2.43. The van der Waals surface area contributed by atoms with E-state index in [9.17, 15) is 26.8 Å². The van der Waals surface area contributed by atoms with Crippen LogP contribution in [0.4, 0.5) is 8.78 Å². The maximum atomic E-state index is 13.5. The standard InChI is InChI=1S/C21H22F2N2O4S/c22-16-9-7-15(8-10-16)12-18(14-26)24-21(27)20-6-1-2-11-25(20)30(28,29)19-5-3-4-17(23)13-19/h3-5,7-10,13-14,18,20H,1-2,6,11-12H2,(H,24,27)/t18-,20-/m0/s1. The highest BCUT2D eigenvalue weighted by atomic mass is 32.2. The zero-order chi connectivity index (χ0) is 21.7. The van der Waals surface area contributed by atoms with Gasteiger partial charge in [-0.3, -0.25) is 4.79 Å². The number of hydrogen-bond acceptors (Lipinski definition) is 4. The molecular formula is C21H22F2N2O4S. The summed E-state index contributed by atoms with van der Waals surface area (Å²) in [5.74, 6) is -1.69. The van der Waals surface area contributed by atoms with Crippen molar-refractivity contribution in [1.29, 1.82) is 0 Å². The lowest BCUT2D eigenvalue weighted by Crippen LogP contribution is -2.54. The van der Waals surface area contributed by atoms with Gasteiger partial charge in [-0.25, -0.2) is 17.2 Å². The summed E-state index contributed by atoms with van der Waals surface area (Å²) >= 11 is 0. The molecule has 3 rings (SSSR count). The van der Waals surface area contributed by atoms with Crippen molar-refractivity contribution < 1.29 is 26.8 Å². The number of benzene rings is 2. The Hall–Kier alpha value is -2.65. The molecule has 1 fully saturated rings. The predicted molar refractivity (Wildman–Crippen MR) is 106 cm³/mol. The van der Waals surface area contributed by atoms with Crippen LogP contribution in [0.5, 0.6) is 0 Å². The molecule has 1 heterocycles. The molecule has 6 nitrogen and oxygen atoms in total. The monoisotopic (exact) mass is 436 g/mol. The minimum absolute atomic E-state index is 0.126. The van der Waals surface area contributed by atoms with Gasteiger partial charge in [-0.05, 0) is 55.2 Å². The van der Waals surface area contributed by atoms with Crippen LogP contribution in [0.25, 0.3) is 0 Å². The highest BCUT2D eigenvalue weighted by molar-refractivity contribution is 7.89. The highest BCUT2D eigenvalue weighted by Gasteiger charge is 2.38. The van der Waals surface area contributed by atoms with Gasteiger partial charge >= 0.3 is 0 Å². The Labute approximate surface area is 173 Å². The van der Waals surface area contributed by atoms with E-state index in [-0.39, 0.29) is 17.9 Å². The summed E-state index contributed by atoms with van der Waals surface area (Å²) < 4.78 is 53.7. The van der Waals surface area contributed by atoms with Gasteiger partial charge in [-0.15, -0.1) is 0 Å². The normalized spacial score (nSPS) is 18.5. The van der Waals surface area contributed by atoms with E-state index in [1.165, 1.54) is 36.4 Å². The molecule has 30 heavy (non-hydrogen) atoms. The molecule has 1 amide bonds. The van der Waals surface area contributed by atoms with Crippen LogP contribution < -0.4 is 5.32 Å². The molecule has 1 aliphatic heterocycles. The first-order chi connectivity index (χ1) is 14.3. The number of nitrogens with zero attached hydrogens (tertiary/aromatic N) is 1. The molecule has 0 spiro atoms. The van der Waals surface area contributed by atoms with Gasteiger partial charge in [0.25, 0.3) is 0 Å². The largest absolute Gasteiger partial charge is 0.345 e. The summed E-state index contributed by atoms with van der Waals surface area (Å²) in [4.78, 5) is 24.1. The van der Waals surface area contributed by atoms with Crippen LogP contribution in [-0.2, 0) is 26.0 Å². The topological polar surface area (TPSA) is 83.6 Å². The second kappa shape index (κ2) is 9.44. The van der Waals surface area contributed by atoms with Gasteiger partial charge in [0.1, 0.15) is 24.0 Å². The number of amides is 1. The lowest BCUT2D eigenvalue weighted by Gasteiger charge is -2.34. The van der Waals surface area contributed by atoms with Crippen molar-refractivity contribution in [2.45, 2.75) is 42.7 Å². The maximum absolute atomic E-state index is 13.5. The van der Waals surface area contributed by atoms with Crippen LogP contribution in [0.3, 0.4) is 0 Å². The summed E-state index contributed by atoms with van der Waals surface area (Å²) in [5, 5.41) is 2.58. The Balaban J connectivity index is 1.76. The Morgan fingerprint density at radius 1 is 1.13 bits per heavy atom. The molecule has 1 aliphatic rings. The third kappa shape index (κ3) is 5.09. The van der Waals surface area contributed by atoms with E-state index in [4.69, 9.17) is 0 Å². The van der Waals surface area contributed by atoms with Crippen LogP contribution in [0.2, 0.25) is 0 Å². The van der Waals surface area contributed by atoms with Crippen molar-refractivity contribution >= 4 is 22.2 Å². The van der Waals surface area contributed by atoms with Crippen molar-refractivity contribution in [3.05, 3.63) is 65.7 Å². The molecule has 1 N–H and O–H groups in total. The lowest BCUT2D eigenvalue weighted by atomic mass is 10.0. The summed E-state index contributed by atoms with van der Waals surface area (Å²) in [6.45, 7) is 0.126. The second-order valence-electron chi connectivity index (χ2n) is 7.17. The first kappa shape index (κ1) is 22.0. The number of hydrogen-bond donors (Lipinski definition) is 1. The van der Waals surface area contributed by atoms with Crippen molar-refractivity contribution in [2.24, 2.45) is 0 Å². The third-order valence-electron chi connectivity index (χ3n) is 5.02. The van der Waals surface area contributed by atoms with E-state index in [1.807, 2.05) is 0 Å². The van der Waals surface area contributed by atoms with Crippen molar-refractivity contribution in [1.82, 2.24) is 9.62 Å². The van der Waals surface area contributed by atoms with Gasteiger partial charge in [0, 0.05) is 6.54 Å². The minimum Gasteiger partial charge on any atom is -0.345 e. The van der Waals surface area contributed by atoms with Crippen LogP contribution in [-0.4, -0.2) is 43.5 Å². The van der Waals surface area contributed by atoms with Crippen LogP contribution in [0.15, 0.2) is 53.4 Å². The number of aldehydes is 1. The molecule has 0 aromatic heterocycles. The molecule has 9 heteroatoms. The van der Waals surface area contributed by atoms with E-state index in [0.717, 1.165) is 16.4 Å². The Bertz CT molecular complexity index is 1010. The molecule has 160 valence electrons. The average Bonchev–Trinajstić information content (AvgIpc) is 2.74. The average molecular weight is 436 g/mol. The molecule has 1 saturated heterocycles. The number of carbonyl (C=O) groups is 2. The van der Waals surface area contributed by atoms with E-state index in [1.54, 1.807) is 0 Å². The Kier molecular flexibility index (Phi) is 6.94. The SMILES string of the molecule is O=C[C@H](Cc1ccc(F)cc1)NC(=O)[C@@H]1CCCCN1S(=O)(=O)c1cccc(F)c1. The summed E-state index contributed by atoms with van der Waals surface area (Å²) in [5.41, 5.74) is 0.654. The molecule has 2 aromatic carbocycles.